The fourth-order valence-electron chi connectivity index (χ4n) is 2.55. The van der Waals surface area contributed by atoms with Gasteiger partial charge >= 0.3 is 0 Å². The molecule has 1 aromatic heterocycles. The average molecular weight is 368 g/mol. The van der Waals surface area contributed by atoms with E-state index in [1.165, 1.54) is 0 Å². The molecule has 5 nitrogen and oxygen atoms in total. The molecule has 2 aromatic carbocycles. The molecule has 1 heterocycles. The number of hydrazone groups is 1. The van der Waals surface area contributed by atoms with Crippen LogP contribution in [-0.2, 0) is 0 Å². The monoisotopic (exact) mass is 367 g/mol. The SMILES string of the molecule is COc1ccc(-n2cc(/C=N\NC(=O)c3cccc(Cl)c3)cc2C)cc1. The van der Waals surface area contributed by atoms with E-state index >= 15 is 0 Å². The Morgan fingerprint density at radius 1 is 1.19 bits per heavy atom. The number of hydrogen-bond donors (Lipinski definition) is 1. The lowest BCUT2D eigenvalue weighted by molar-refractivity contribution is 0.0955. The molecule has 0 spiro atoms. The van der Waals surface area contributed by atoms with E-state index in [9.17, 15) is 4.79 Å². The molecule has 0 bridgehead atoms. The van der Waals surface area contributed by atoms with Gasteiger partial charge in [-0.2, -0.15) is 5.10 Å². The van der Waals surface area contributed by atoms with Gasteiger partial charge in [0.05, 0.1) is 13.3 Å². The second kappa shape index (κ2) is 7.89. The Morgan fingerprint density at radius 3 is 2.65 bits per heavy atom. The Balaban J connectivity index is 1.70. The number of carbonyl (C=O) groups excluding carboxylic acids is 1. The van der Waals surface area contributed by atoms with Crippen LogP contribution in [0.25, 0.3) is 5.69 Å². The largest absolute Gasteiger partial charge is 0.497 e. The van der Waals surface area contributed by atoms with E-state index in [0.29, 0.717) is 10.6 Å². The van der Waals surface area contributed by atoms with Crippen molar-refractivity contribution in [2.75, 3.05) is 7.11 Å². The summed E-state index contributed by atoms with van der Waals surface area (Å²) < 4.78 is 7.22. The number of amides is 1. The number of rotatable bonds is 5. The second-order valence-electron chi connectivity index (χ2n) is 5.69. The molecule has 0 radical (unpaired) electrons. The van der Waals surface area contributed by atoms with Gasteiger partial charge in [0.25, 0.3) is 5.91 Å². The van der Waals surface area contributed by atoms with E-state index in [1.807, 2.05) is 48.0 Å². The minimum atomic E-state index is -0.310. The number of aryl methyl sites for hydroxylation is 1. The van der Waals surface area contributed by atoms with Gasteiger partial charge in [0, 0.05) is 33.7 Å². The molecular formula is C20H18ClN3O2. The Labute approximate surface area is 156 Å². The quantitative estimate of drug-likeness (QED) is 0.542. The Bertz CT molecular complexity index is 946. The molecule has 1 N–H and O–H groups in total. The van der Waals surface area contributed by atoms with Gasteiger partial charge in [-0.05, 0) is 55.5 Å². The number of nitrogens with zero attached hydrogens (tertiary/aromatic N) is 2. The number of aromatic nitrogens is 1. The standard InChI is InChI=1S/C20H18ClN3O2/c1-14-10-15(13-24(14)18-6-8-19(26-2)9-7-18)12-22-23-20(25)16-4-3-5-17(21)11-16/h3-13H,1-2H3,(H,23,25)/b22-12-. The summed E-state index contributed by atoms with van der Waals surface area (Å²) in [6.45, 7) is 2.01. The smallest absolute Gasteiger partial charge is 0.271 e. The molecule has 0 aliphatic rings. The van der Waals surface area contributed by atoms with E-state index in [0.717, 1.165) is 22.7 Å². The highest BCUT2D eigenvalue weighted by molar-refractivity contribution is 6.30. The molecule has 0 saturated carbocycles. The van der Waals surface area contributed by atoms with Crippen LogP contribution < -0.4 is 10.2 Å². The minimum Gasteiger partial charge on any atom is -0.497 e. The minimum absolute atomic E-state index is 0.310. The van der Waals surface area contributed by atoms with Crippen LogP contribution in [0, 0.1) is 6.92 Å². The lowest BCUT2D eigenvalue weighted by Gasteiger charge is -2.06. The predicted octanol–water partition coefficient (Wildman–Crippen LogP) is 4.21. The molecule has 0 saturated heterocycles. The van der Waals surface area contributed by atoms with E-state index in [4.69, 9.17) is 16.3 Å². The number of halogens is 1. The zero-order valence-electron chi connectivity index (χ0n) is 14.4. The summed E-state index contributed by atoms with van der Waals surface area (Å²) in [6.07, 6.45) is 3.56. The highest BCUT2D eigenvalue weighted by Gasteiger charge is 2.05. The maximum absolute atomic E-state index is 12.0. The van der Waals surface area contributed by atoms with Gasteiger partial charge in [-0.1, -0.05) is 17.7 Å². The van der Waals surface area contributed by atoms with Crippen molar-refractivity contribution in [3.8, 4) is 11.4 Å². The van der Waals surface area contributed by atoms with Crippen molar-refractivity contribution < 1.29 is 9.53 Å². The molecule has 6 heteroatoms. The lowest BCUT2D eigenvalue weighted by atomic mass is 10.2. The second-order valence-corrected chi connectivity index (χ2v) is 6.13. The van der Waals surface area contributed by atoms with Gasteiger partial charge in [-0.15, -0.1) is 0 Å². The third kappa shape index (κ3) is 4.13. The Hall–Kier alpha value is -3.05. The number of carbonyl (C=O) groups is 1. The fraction of sp³-hybridized carbons (Fsp3) is 0.100. The summed E-state index contributed by atoms with van der Waals surface area (Å²) in [5, 5.41) is 4.53. The summed E-state index contributed by atoms with van der Waals surface area (Å²) in [6, 6.07) is 16.5. The lowest BCUT2D eigenvalue weighted by Crippen LogP contribution is -2.17. The third-order valence-electron chi connectivity index (χ3n) is 3.85. The van der Waals surface area contributed by atoms with Crippen molar-refractivity contribution in [3.63, 3.8) is 0 Å². The molecule has 0 aliphatic heterocycles. The molecule has 132 valence electrons. The van der Waals surface area contributed by atoms with Crippen LogP contribution in [-0.4, -0.2) is 23.8 Å². The first-order chi connectivity index (χ1) is 12.6. The first kappa shape index (κ1) is 17.8. The number of hydrogen-bond acceptors (Lipinski definition) is 3. The van der Waals surface area contributed by atoms with Gasteiger partial charge in [-0.25, -0.2) is 5.43 Å². The normalized spacial score (nSPS) is 10.9. The molecule has 0 aliphatic carbocycles. The Kier molecular flexibility index (Phi) is 5.39. The van der Waals surface area contributed by atoms with Crippen LogP contribution in [0.15, 0.2) is 65.9 Å². The van der Waals surface area contributed by atoms with Crippen LogP contribution >= 0.6 is 11.6 Å². The average Bonchev–Trinajstić information content (AvgIpc) is 3.02. The van der Waals surface area contributed by atoms with Crippen LogP contribution in [0.5, 0.6) is 5.75 Å². The number of methoxy groups -OCH3 is 1. The summed E-state index contributed by atoms with van der Waals surface area (Å²) in [4.78, 5) is 12.0. The predicted molar refractivity (Wildman–Crippen MR) is 104 cm³/mol. The summed E-state index contributed by atoms with van der Waals surface area (Å²) in [5.74, 6) is 0.499. The maximum atomic E-state index is 12.0. The molecule has 0 unspecified atom stereocenters. The molecule has 3 rings (SSSR count). The number of ether oxygens (including phenoxy) is 1. The molecule has 0 fully saturated rings. The van der Waals surface area contributed by atoms with Crippen LogP contribution in [0.3, 0.4) is 0 Å². The van der Waals surface area contributed by atoms with Crippen molar-refractivity contribution in [1.82, 2.24) is 9.99 Å². The third-order valence-corrected chi connectivity index (χ3v) is 4.09. The summed E-state index contributed by atoms with van der Waals surface area (Å²) >= 11 is 5.89. The highest BCUT2D eigenvalue weighted by Crippen LogP contribution is 2.18. The molecule has 0 atom stereocenters. The van der Waals surface area contributed by atoms with Crippen LogP contribution in [0.2, 0.25) is 5.02 Å². The van der Waals surface area contributed by atoms with Gasteiger partial charge in [0.1, 0.15) is 5.75 Å². The van der Waals surface area contributed by atoms with Crippen molar-refractivity contribution in [2.24, 2.45) is 5.10 Å². The van der Waals surface area contributed by atoms with Crippen molar-refractivity contribution in [2.45, 2.75) is 6.92 Å². The topological polar surface area (TPSA) is 55.6 Å². The molecule has 26 heavy (non-hydrogen) atoms. The fourth-order valence-corrected chi connectivity index (χ4v) is 2.74. The number of nitrogens with one attached hydrogen (secondary N) is 1. The van der Waals surface area contributed by atoms with E-state index < -0.39 is 0 Å². The van der Waals surface area contributed by atoms with Gasteiger partial charge in [0.15, 0.2) is 0 Å². The highest BCUT2D eigenvalue weighted by atomic mass is 35.5. The van der Waals surface area contributed by atoms with Gasteiger partial charge in [-0.3, -0.25) is 4.79 Å². The van der Waals surface area contributed by atoms with Crippen molar-refractivity contribution in [1.29, 1.82) is 0 Å². The molecule has 1 amide bonds. The number of benzene rings is 2. The van der Waals surface area contributed by atoms with Gasteiger partial charge in [0.2, 0.25) is 0 Å². The molecule has 3 aromatic rings. The van der Waals surface area contributed by atoms with E-state index in [-0.39, 0.29) is 5.91 Å². The van der Waals surface area contributed by atoms with E-state index in [1.54, 1.807) is 37.6 Å². The van der Waals surface area contributed by atoms with Crippen molar-refractivity contribution >= 4 is 23.7 Å². The molecular weight excluding hydrogens is 350 g/mol. The van der Waals surface area contributed by atoms with Crippen molar-refractivity contribution in [3.05, 3.63) is 82.6 Å². The zero-order valence-corrected chi connectivity index (χ0v) is 15.2. The first-order valence-electron chi connectivity index (χ1n) is 7.99. The Morgan fingerprint density at radius 2 is 1.96 bits per heavy atom. The summed E-state index contributed by atoms with van der Waals surface area (Å²) in [7, 11) is 1.64. The first-order valence-corrected chi connectivity index (χ1v) is 8.37. The van der Waals surface area contributed by atoms with Crippen LogP contribution in [0.4, 0.5) is 0 Å². The van der Waals surface area contributed by atoms with Gasteiger partial charge < -0.3 is 9.30 Å². The summed E-state index contributed by atoms with van der Waals surface area (Å²) in [5.41, 5.74) is 5.92. The zero-order chi connectivity index (χ0) is 18.5. The maximum Gasteiger partial charge on any atom is 0.271 e. The van der Waals surface area contributed by atoms with E-state index in [2.05, 4.69) is 10.5 Å². The van der Waals surface area contributed by atoms with Crippen LogP contribution in [0.1, 0.15) is 21.6 Å².